The second kappa shape index (κ2) is 7.08. The van der Waals surface area contributed by atoms with Gasteiger partial charge in [0.25, 0.3) is 0 Å². The summed E-state index contributed by atoms with van der Waals surface area (Å²) in [5.41, 5.74) is 2.72. The maximum absolute atomic E-state index is 4.26. The fourth-order valence-electron chi connectivity index (χ4n) is 4.52. The SMILES string of the molecule is Cn1nccc1CNC1CC2CCCC(C1)N2Cc1ccccc1. The van der Waals surface area contributed by atoms with Crippen LogP contribution >= 0.6 is 0 Å². The topological polar surface area (TPSA) is 33.1 Å². The van der Waals surface area contributed by atoms with Crippen molar-refractivity contribution in [3.63, 3.8) is 0 Å². The molecule has 2 aliphatic rings. The molecule has 0 spiro atoms. The first-order valence-electron chi connectivity index (χ1n) is 9.29. The number of rotatable bonds is 5. The zero-order valence-electron chi connectivity index (χ0n) is 14.6. The fraction of sp³-hybridized carbons (Fsp3) is 0.550. The van der Waals surface area contributed by atoms with Gasteiger partial charge in [-0.2, -0.15) is 5.10 Å². The van der Waals surface area contributed by atoms with Crippen molar-refractivity contribution in [2.24, 2.45) is 7.05 Å². The average Bonchev–Trinajstić information content (AvgIpc) is 2.99. The molecule has 24 heavy (non-hydrogen) atoms. The molecule has 2 aromatic rings. The molecule has 3 heterocycles. The van der Waals surface area contributed by atoms with Gasteiger partial charge in [-0.1, -0.05) is 36.8 Å². The molecule has 128 valence electrons. The van der Waals surface area contributed by atoms with Crippen molar-refractivity contribution in [3.8, 4) is 0 Å². The number of benzene rings is 1. The molecule has 4 heteroatoms. The third-order valence-electron chi connectivity index (χ3n) is 5.83. The summed E-state index contributed by atoms with van der Waals surface area (Å²) in [7, 11) is 2.02. The van der Waals surface area contributed by atoms with Gasteiger partial charge in [0, 0.05) is 44.5 Å². The Morgan fingerprint density at radius 3 is 2.50 bits per heavy atom. The molecule has 0 aliphatic carbocycles. The smallest absolute Gasteiger partial charge is 0.0518 e. The van der Waals surface area contributed by atoms with Crippen LogP contribution in [0.15, 0.2) is 42.6 Å². The Morgan fingerprint density at radius 2 is 1.83 bits per heavy atom. The van der Waals surface area contributed by atoms with Crippen LogP contribution in [-0.4, -0.2) is 32.8 Å². The summed E-state index contributed by atoms with van der Waals surface area (Å²) in [4.78, 5) is 2.78. The third-order valence-corrected chi connectivity index (χ3v) is 5.83. The lowest BCUT2D eigenvalue weighted by molar-refractivity contribution is 0.0172. The van der Waals surface area contributed by atoms with Crippen molar-refractivity contribution < 1.29 is 0 Å². The minimum absolute atomic E-state index is 0.641. The highest BCUT2D eigenvalue weighted by Gasteiger charge is 2.37. The summed E-state index contributed by atoms with van der Waals surface area (Å²) in [6, 6.07) is 15.2. The van der Waals surface area contributed by atoms with Crippen LogP contribution < -0.4 is 5.32 Å². The highest BCUT2D eigenvalue weighted by atomic mass is 15.3. The molecule has 2 unspecified atom stereocenters. The number of piperidine rings is 2. The van der Waals surface area contributed by atoms with Gasteiger partial charge in [-0.15, -0.1) is 0 Å². The van der Waals surface area contributed by atoms with E-state index >= 15 is 0 Å². The van der Waals surface area contributed by atoms with Crippen LogP contribution in [0.3, 0.4) is 0 Å². The van der Waals surface area contributed by atoms with E-state index in [1.54, 1.807) is 0 Å². The highest BCUT2D eigenvalue weighted by Crippen LogP contribution is 2.35. The van der Waals surface area contributed by atoms with Crippen molar-refractivity contribution in [3.05, 3.63) is 53.9 Å². The first-order valence-corrected chi connectivity index (χ1v) is 9.29. The number of hydrogen-bond acceptors (Lipinski definition) is 3. The summed E-state index contributed by atoms with van der Waals surface area (Å²) in [6.07, 6.45) is 8.55. The summed E-state index contributed by atoms with van der Waals surface area (Å²) in [5.74, 6) is 0. The first-order chi connectivity index (χ1) is 11.8. The van der Waals surface area contributed by atoms with E-state index in [1.807, 2.05) is 17.9 Å². The van der Waals surface area contributed by atoms with Crippen molar-refractivity contribution in [1.82, 2.24) is 20.0 Å². The van der Waals surface area contributed by atoms with E-state index in [4.69, 9.17) is 0 Å². The Balaban J connectivity index is 1.38. The molecule has 4 nitrogen and oxygen atoms in total. The van der Waals surface area contributed by atoms with E-state index in [0.717, 1.165) is 25.2 Å². The number of nitrogens with one attached hydrogen (secondary N) is 1. The van der Waals surface area contributed by atoms with Gasteiger partial charge in [0.2, 0.25) is 0 Å². The maximum Gasteiger partial charge on any atom is 0.0518 e. The van der Waals surface area contributed by atoms with E-state index in [9.17, 15) is 0 Å². The van der Waals surface area contributed by atoms with Crippen LogP contribution in [0.2, 0.25) is 0 Å². The number of aromatic nitrogens is 2. The van der Waals surface area contributed by atoms with E-state index < -0.39 is 0 Å². The van der Waals surface area contributed by atoms with Gasteiger partial charge in [-0.3, -0.25) is 9.58 Å². The molecule has 0 radical (unpaired) electrons. The van der Waals surface area contributed by atoms with Gasteiger partial charge in [0.15, 0.2) is 0 Å². The molecular formula is C20H28N4. The molecule has 2 aliphatic heterocycles. The minimum atomic E-state index is 0.641. The number of nitrogens with zero attached hydrogens (tertiary/aromatic N) is 3. The van der Waals surface area contributed by atoms with Gasteiger partial charge in [-0.25, -0.2) is 0 Å². The van der Waals surface area contributed by atoms with Crippen LogP contribution in [0.25, 0.3) is 0 Å². The van der Waals surface area contributed by atoms with Crippen LogP contribution in [0.1, 0.15) is 43.4 Å². The average molecular weight is 324 g/mol. The molecule has 2 saturated heterocycles. The molecule has 2 atom stereocenters. The normalized spacial score (nSPS) is 27.3. The van der Waals surface area contributed by atoms with Crippen LogP contribution in [-0.2, 0) is 20.1 Å². The molecule has 2 fully saturated rings. The lowest BCUT2D eigenvalue weighted by Gasteiger charge is -2.49. The minimum Gasteiger partial charge on any atom is -0.308 e. The van der Waals surface area contributed by atoms with Gasteiger partial charge >= 0.3 is 0 Å². The second-order valence-corrected chi connectivity index (χ2v) is 7.39. The highest BCUT2D eigenvalue weighted by molar-refractivity contribution is 5.15. The van der Waals surface area contributed by atoms with Gasteiger partial charge in [0.1, 0.15) is 0 Å². The van der Waals surface area contributed by atoms with Crippen LogP contribution in [0, 0.1) is 0 Å². The quantitative estimate of drug-likeness (QED) is 0.917. The van der Waals surface area contributed by atoms with Gasteiger partial charge in [0.05, 0.1) is 5.69 Å². The third kappa shape index (κ3) is 3.40. The molecule has 0 amide bonds. The van der Waals surface area contributed by atoms with Crippen molar-refractivity contribution in [1.29, 1.82) is 0 Å². The second-order valence-electron chi connectivity index (χ2n) is 7.39. The Hall–Kier alpha value is -1.65. The predicted octanol–water partition coefficient (Wildman–Crippen LogP) is 3.10. The number of fused-ring (bicyclic) bond motifs is 2. The van der Waals surface area contributed by atoms with Gasteiger partial charge in [-0.05, 0) is 37.3 Å². The Morgan fingerprint density at radius 1 is 1.08 bits per heavy atom. The largest absolute Gasteiger partial charge is 0.308 e. The summed E-state index contributed by atoms with van der Waals surface area (Å²) >= 11 is 0. The summed E-state index contributed by atoms with van der Waals surface area (Å²) in [6.45, 7) is 2.05. The van der Waals surface area contributed by atoms with E-state index in [1.165, 1.54) is 43.4 Å². The molecule has 4 rings (SSSR count). The number of aryl methyl sites for hydroxylation is 1. The molecule has 1 N–H and O–H groups in total. The first kappa shape index (κ1) is 15.9. The van der Waals surface area contributed by atoms with Crippen molar-refractivity contribution in [2.45, 2.75) is 63.3 Å². The standard InChI is InChI=1S/C20H28N4/c1-23-20(10-11-22-23)14-21-17-12-18-8-5-9-19(13-17)24(18)15-16-6-3-2-4-7-16/h2-4,6-7,10-11,17-19,21H,5,8-9,12-15H2,1H3. The lowest BCUT2D eigenvalue weighted by Crippen LogP contribution is -2.55. The zero-order chi connectivity index (χ0) is 16.4. The zero-order valence-corrected chi connectivity index (χ0v) is 14.6. The molecule has 0 saturated carbocycles. The van der Waals surface area contributed by atoms with Crippen LogP contribution in [0.4, 0.5) is 0 Å². The Bertz CT molecular complexity index is 637. The summed E-state index contributed by atoms with van der Waals surface area (Å²) in [5, 5.41) is 8.06. The summed E-state index contributed by atoms with van der Waals surface area (Å²) < 4.78 is 1.97. The van der Waals surface area contributed by atoms with Crippen molar-refractivity contribution in [2.75, 3.05) is 0 Å². The van der Waals surface area contributed by atoms with E-state index in [-0.39, 0.29) is 0 Å². The predicted molar refractivity (Wildman–Crippen MR) is 96.5 cm³/mol. The number of hydrogen-bond donors (Lipinski definition) is 1. The Labute approximate surface area is 144 Å². The van der Waals surface area contributed by atoms with Crippen molar-refractivity contribution >= 4 is 0 Å². The lowest BCUT2D eigenvalue weighted by atomic mass is 9.81. The van der Waals surface area contributed by atoms with E-state index in [0.29, 0.717) is 6.04 Å². The molecule has 1 aromatic heterocycles. The van der Waals surface area contributed by atoms with Crippen LogP contribution in [0.5, 0.6) is 0 Å². The molecule has 1 aromatic carbocycles. The van der Waals surface area contributed by atoms with Gasteiger partial charge < -0.3 is 5.32 Å². The molecular weight excluding hydrogens is 296 g/mol. The monoisotopic (exact) mass is 324 g/mol. The Kier molecular flexibility index (Phi) is 4.67. The van der Waals surface area contributed by atoms with E-state index in [2.05, 4.69) is 51.7 Å². The fourth-order valence-corrected chi connectivity index (χ4v) is 4.52. The molecule has 2 bridgehead atoms. The maximum atomic E-state index is 4.26.